The molecular weight excluding hydrogens is 679 g/mol. The van der Waals surface area contributed by atoms with Gasteiger partial charge < -0.3 is 29.1 Å². The smallest absolute Gasteiger partial charge is 0.274 e. The van der Waals surface area contributed by atoms with Crippen LogP contribution in [0.3, 0.4) is 0 Å². The molecule has 12 nitrogen and oxygen atoms in total. The number of aliphatic hydroxyl groups is 1. The van der Waals surface area contributed by atoms with E-state index in [1.807, 2.05) is 6.07 Å². The van der Waals surface area contributed by atoms with Crippen molar-refractivity contribution in [2.75, 3.05) is 65.9 Å². The van der Waals surface area contributed by atoms with Crippen LogP contribution in [-0.2, 0) is 31.6 Å². The van der Waals surface area contributed by atoms with Crippen LogP contribution in [0.15, 0.2) is 59.5 Å². The lowest BCUT2D eigenvalue weighted by atomic mass is 9.80. The summed E-state index contributed by atoms with van der Waals surface area (Å²) in [5, 5.41) is 11.1. The average molecular weight is 725 g/mol. The summed E-state index contributed by atoms with van der Waals surface area (Å²) in [7, 11) is 2.53. The zero-order chi connectivity index (χ0) is 36.7. The number of rotatable bonds is 11. The zero-order valence-corrected chi connectivity index (χ0v) is 30.4. The minimum absolute atomic E-state index is 0.000639. The number of methoxy groups -OCH3 is 3. The number of aliphatic hydroxyl groups excluding tert-OH is 1. The zero-order valence-electron chi connectivity index (χ0n) is 29.6. The number of sulfonamides is 1. The monoisotopic (exact) mass is 724 g/mol. The van der Waals surface area contributed by atoms with Gasteiger partial charge in [0.1, 0.15) is 28.0 Å². The predicted molar refractivity (Wildman–Crippen MR) is 188 cm³/mol. The molecule has 3 atom stereocenters. The van der Waals surface area contributed by atoms with Crippen LogP contribution in [0.5, 0.6) is 17.2 Å². The van der Waals surface area contributed by atoms with Crippen molar-refractivity contribution in [3.05, 3.63) is 77.1 Å². The van der Waals surface area contributed by atoms with Gasteiger partial charge in [-0.15, -0.1) is 0 Å². The number of amides is 2. The number of fused-ring (bicyclic) bond motifs is 1. The van der Waals surface area contributed by atoms with Gasteiger partial charge in [-0.05, 0) is 86.8 Å². The first-order valence-corrected chi connectivity index (χ1v) is 18.5. The Kier molecular flexibility index (Phi) is 10.3. The van der Waals surface area contributed by atoms with Crippen LogP contribution in [-0.4, -0.2) is 114 Å². The van der Waals surface area contributed by atoms with E-state index in [1.54, 1.807) is 26.2 Å². The summed E-state index contributed by atoms with van der Waals surface area (Å²) in [4.78, 5) is 34.4. The first kappa shape index (κ1) is 36.5. The maximum atomic E-state index is 15.6. The molecule has 0 aromatic heterocycles. The van der Waals surface area contributed by atoms with E-state index >= 15 is 9.18 Å². The molecule has 2 amide bonds. The van der Waals surface area contributed by atoms with Gasteiger partial charge in [0.2, 0.25) is 5.91 Å². The normalized spacial score (nSPS) is 22.6. The molecule has 0 aliphatic carbocycles. The van der Waals surface area contributed by atoms with Crippen molar-refractivity contribution in [2.24, 2.45) is 0 Å². The molecule has 274 valence electrons. The number of hydrogen-bond donors (Lipinski definition) is 1. The molecule has 0 saturated carbocycles. The summed E-state index contributed by atoms with van der Waals surface area (Å²) in [5.41, 5.74) is -1.14. The van der Waals surface area contributed by atoms with Crippen LogP contribution >= 0.6 is 0 Å². The second kappa shape index (κ2) is 14.4. The van der Waals surface area contributed by atoms with Crippen molar-refractivity contribution in [3.63, 3.8) is 0 Å². The number of anilines is 1. The molecule has 1 unspecified atom stereocenters. The minimum Gasteiger partial charge on any atom is -0.497 e. The maximum absolute atomic E-state index is 15.6. The number of piperidine rings is 1. The molecule has 0 radical (unpaired) electrons. The van der Waals surface area contributed by atoms with E-state index in [4.69, 9.17) is 14.2 Å². The van der Waals surface area contributed by atoms with E-state index in [0.717, 1.165) is 50.2 Å². The van der Waals surface area contributed by atoms with Crippen LogP contribution in [0.1, 0.15) is 42.4 Å². The lowest BCUT2D eigenvalue weighted by Gasteiger charge is -2.42. The number of carbonyl (C=O) groups excluding carboxylic acids is 2. The van der Waals surface area contributed by atoms with Crippen molar-refractivity contribution in [2.45, 2.75) is 54.7 Å². The van der Waals surface area contributed by atoms with Gasteiger partial charge in [0.15, 0.2) is 5.54 Å². The molecule has 2 fully saturated rings. The number of benzene rings is 3. The summed E-state index contributed by atoms with van der Waals surface area (Å²) in [6.07, 6.45) is 2.96. The summed E-state index contributed by atoms with van der Waals surface area (Å²) < 4.78 is 62.4. The third-order valence-corrected chi connectivity index (χ3v) is 11.9. The Bertz CT molecular complexity index is 1920. The van der Waals surface area contributed by atoms with Crippen molar-refractivity contribution in [3.8, 4) is 17.2 Å². The highest BCUT2D eigenvalue weighted by Gasteiger charge is 2.64. The number of hydrogen-bond acceptors (Lipinski definition) is 10. The molecule has 3 heterocycles. The van der Waals surface area contributed by atoms with E-state index in [9.17, 15) is 18.3 Å². The summed E-state index contributed by atoms with van der Waals surface area (Å²) in [6, 6.07) is 11.9. The van der Waals surface area contributed by atoms with Gasteiger partial charge in [0.25, 0.3) is 15.9 Å². The number of likely N-dealkylation sites (N-methyl/N-ethyl adjacent to an activating group) is 1. The van der Waals surface area contributed by atoms with Crippen LogP contribution in [0.2, 0.25) is 0 Å². The number of likely N-dealkylation sites (tertiary alicyclic amines) is 2. The second-order valence-electron chi connectivity index (χ2n) is 13.4. The van der Waals surface area contributed by atoms with Crippen LogP contribution in [0.4, 0.5) is 10.1 Å². The van der Waals surface area contributed by atoms with E-state index in [2.05, 4.69) is 4.90 Å². The number of carbonyl (C=O) groups is 2. The largest absolute Gasteiger partial charge is 0.497 e. The topological polar surface area (TPSA) is 129 Å². The van der Waals surface area contributed by atoms with Gasteiger partial charge in [0, 0.05) is 44.4 Å². The van der Waals surface area contributed by atoms with Gasteiger partial charge in [-0.3, -0.25) is 14.5 Å². The van der Waals surface area contributed by atoms with Crippen molar-refractivity contribution in [1.29, 1.82) is 0 Å². The Labute approximate surface area is 298 Å². The molecule has 3 aromatic carbocycles. The van der Waals surface area contributed by atoms with E-state index < -0.39 is 45.3 Å². The predicted octanol–water partition coefficient (Wildman–Crippen LogP) is 3.38. The number of β-amino-alcohol motifs (C(OH)–C–C–N with tert-alkyl or cyclic N) is 1. The lowest BCUT2D eigenvalue weighted by Crippen LogP contribution is -2.59. The van der Waals surface area contributed by atoms with Gasteiger partial charge >= 0.3 is 0 Å². The van der Waals surface area contributed by atoms with Gasteiger partial charge in [-0.2, -0.15) is 0 Å². The highest BCUT2D eigenvalue weighted by Crippen LogP contribution is 2.55. The summed E-state index contributed by atoms with van der Waals surface area (Å²) >= 11 is 0. The molecule has 0 spiro atoms. The standard InChI is InChI=1S/C37H45FN4O8S/c1-39(2)35(44)31-21-26(43)23-41(31)37(29-19-24(9-13-32(29)49-4)15-18-40-16-7-6-8-17-40)28-20-25(38)10-12-30(28)42(36(37)45)51(46,47)34-14-11-27(48-3)22-33(34)50-5/h9-14,19-20,22,26,31,43H,6-8,15-18,21,23H2,1-5H3/t26-,31+,37?/m1/s1. The first-order chi connectivity index (χ1) is 24.4. The third kappa shape index (κ3) is 6.32. The molecule has 3 aliphatic rings. The highest BCUT2D eigenvalue weighted by molar-refractivity contribution is 7.93. The molecule has 3 aliphatic heterocycles. The fraction of sp³-hybridized carbons (Fsp3) is 0.459. The van der Waals surface area contributed by atoms with Crippen molar-refractivity contribution in [1.82, 2.24) is 14.7 Å². The quantitative estimate of drug-likeness (QED) is 0.315. The maximum Gasteiger partial charge on any atom is 0.274 e. The molecule has 51 heavy (non-hydrogen) atoms. The summed E-state index contributed by atoms with van der Waals surface area (Å²) in [5.74, 6) is -1.61. The number of halogens is 1. The Hall–Kier alpha value is -4.24. The fourth-order valence-corrected chi connectivity index (χ4v) is 9.35. The van der Waals surface area contributed by atoms with Crippen LogP contribution in [0, 0.1) is 5.82 Å². The van der Waals surface area contributed by atoms with Crippen molar-refractivity contribution < 1.29 is 41.7 Å². The van der Waals surface area contributed by atoms with E-state index in [0.29, 0.717) is 16.5 Å². The van der Waals surface area contributed by atoms with E-state index in [-0.39, 0.29) is 46.2 Å². The van der Waals surface area contributed by atoms with Gasteiger partial charge in [0.05, 0.1) is 39.2 Å². The van der Waals surface area contributed by atoms with Gasteiger partial charge in [-0.25, -0.2) is 17.1 Å². The average Bonchev–Trinajstić information content (AvgIpc) is 3.64. The SMILES string of the molecule is COc1ccc(S(=O)(=O)N2C(=O)C(c3cc(CCN4CCCCC4)ccc3OC)(N3C[C@H](O)C[C@H]3C(=O)N(C)C)c3cc(F)ccc32)c(OC)c1. The Morgan fingerprint density at radius 3 is 2.33 bits per heavy atom. The van der Waals surface area contributed by atoms with Crippen molar-refractivity contribution >= 4 is 27.5 Å². The Morgan fingerprint density at radius 1 is 0.941 bits per heavy atom. The molecule has 14 heteroatoms. The lowest BCUT2D eigenvalue weighted by molar-refractivity contribution is -0.138. The highest BCUT2D eigenvalue weighted by atomic mass is 32.2. The summed E-state index contributed by atoms with van der Waals surface area (Å²) in [6.45, 7) is 2.55. The minimum atomic E-state index is -4.76. The van der Waals surface area contributed by atoms with Crippen LogP contribution in [0.25, 0.3) is 0 Å². The molecule has 3 aromatic rings. The Morgan fingerprint density at radius 2 is 1.67 bits per heavy atom. The molecule has 6 rings (SSSR count). The molecular formula is C37H45FN4O8S. The molecule has 1 N–H and O–H groups in total. The fourth-order valence-electron chi connectivity index (χ4n) is 7.74. The first-order valence-electron chi connectivity index (χ1n) is 17.1. The Balaban J connectivity index is 1.62. The second-order valence-corrected chi connectivity index (χ2v) is 15.2. The van der Waals surface area contributed by atoms with Gasteiger partial charge in [-0.1, -0.05) is 12.5 Å². The third-order valence-electron chi connectivity index (χ3n) is 10.2. The number of nitrogens with zero attached hydrogens (tertiary/aromatic N) is 4. The van der Waals surface area contributed by atoms with Crippen LogP contribution < -0.4 is 18.5 Å². The number of ether oxygens (including phenoxy) is 3. The van der Waals surface area contributed by atoms with E-state index in [1.165, 1.54) is 61.8 Å². The molecule has 0 bridgehead atoms. The molecule has 2 saturated heterocycles.